The fraction of sp³-hybridized carbons (Fsp3) is 0.259. The molecule has 2 aromatic carbocycles. The van der Waals surface area contributed by atoms with Crippen LogP contribution < -0.4 is 14.4 Å². The van der Waals surface area contributed by atoms with Crippen LogP contribution in [0.15, 0.2) is 60.7 Å². The molecule has 1 saturated heterocycles. The molecule has 9 heteroatoms. The summed E-state index contributed by atoms with van der Waals surface area (Å²) in [5.41, 5.74) is 4.91. The highest BCUT2D eigenvalue weighted by Crippen LogP contribution is 2.32. The Balaban J connectivity index is 1.24. The van der Waals surface area contributed by atoms with E-state index in [9.17, 15) is 4.79 Å². The van der Waals surface area contributed by atoms with Gasteiger partial charge in [0.15, 0.2) is 5.82 Å². The van der Waals surface area contributed by atoms with Gasteiger partial charge in [-0.15, -0.1) is 10.2 Å². The van der Waals surface area contributed by atoms with Crippen molar-refractivity contribution in [3.8, 4) is 34.0 Å². The highest BCUT2D eigenvalue weighted by molar-refractivity contribution is 5.93. The highest BCUT2D eigenvalue weighted by atomic mass is 16.5. The van der Waals surface area contributed by atoms with Gasteiger partial charge in [-0.1, -0.05) is 24.3 Å². The topological polar surface area (TPSA) is 96.5 Å². The van der Waals surface area contributed by atoms with Crippen molar-refractivity contribution in [2.45, 2.75) is 6.92 Å². The van der Waals surface area contributed by atoms with Gasteiger partial charge in [-0.05, 0) is 48.9 Å². The Kier molecular flexibility index (Phi) is 6.53. The van der Waals surface area contributed by atoms with Gasteiger partial charge in [0.2, 0.25) is 0 Å². The number of carbonyl (C=O) groups is 1. The molecule has 0 spiro atoms. The Morgan fingerprint density at radius 3 is 2.36 bits per heavy atom. The molecule has 0 saturated carbocycles. The standard InChI is InChI=1S/C27H28N6O3/c1-18-6-4-5-7-20(18)22-9-11-26(31-28-22)32-12-14-33(15-13-32)27(34)24-17-23(29-30-24)21-16-19(35-2)8-10-25(21)36-3/h4-11,16-17H,12-15H2,1-3H3,(H,29,30). The lowest BCUT2D eigenvalue weighted by Gasteiger charge is -2.34. The van der Waals surface area contributed by atoms with Crippen molar-refractivity contribution in [2.75, 3.05) is 45.3 Å². The van der Waals surface area contributed by atoms with Crippen molar-refractivity contribution in [1.29, 1.82) is 0 Å². The minimum Gasteiger partial charge on any atom is -0.497 e. The molecule has 0 atom stereocenters. The van der Waals surface area contributed by atoms with E-state index in [1.165, 1.54) is 5.56 Å². The number of nitrogens with zero attached hydrogens (tertiary/aromatic N) is 5. The minimum atomic E-state index is -0.0868. The summed E-state index contributed by atoms with van der Waals surface area (Å²) >= 11 is 0. The van der Waals surface area contributed by atoms with E-state index >= 15 is 0 Å². The summed E-state index contributed by atoms with van der Waals surface area (Å²) in [7, 11) is 3.21. The summed E-state index contributed by atoms with van der Waals surface area (Å²) in [4.78, 5) is 17.1. The second-order valence-corrected chi connectivity index (χ2v) is 8.60. The van der Waals surface area contributed by atoms with Gasteiger partial charge in [-0.25, -0.2) is 0 Å². The monoisotopic (exact) mass is 484 g/mol. The van der Waals surface area contributed by atoms with Crippen LogP contribution in [0.3, 0.4) is 0 Å². The molecule has 0 radical (unpaired) electrons. The lowest BCUT2D eigenvalue weighted by atomic mass is 10.1. The van der Waals surface area contributed by atoms with Crippen LogP contribution in [0.1, 0.15) is 16.1 Å². The number of methoxy groups -OCH3 is 2. The number of hydrogen-bond acceptors (Lipinski definition) is 7. The van der Waals surface area contributed by atoms with Crippen LogP contribution in [0.4, 0.5) is 5.82 Å². The van der Waals surface area contributed by atoms with Crippen molar-refractivity contribution in [1.82, 2.24) is 25.3 Å². The third-order valence-corrected chi connectivity index (χ3v) is 6.45. The van der Waals surface area contributed by atoms with Crippen molar-refractivity contribution in [3.63, 3.8) is 0 Å². The van der Waals surface area contributed by atoms with Gasteiger partial charge in [0, 0.05) is 37.3 Å². The number of amides is 1. The lowest BCUT2D eigenvalue weighted by Crippen LogP contribution is -2.49. The van der Waals surface area contributed by atoms with Gasteiger partial charge in [0.25, 0.3) is 5.91 Å². The van der Waals surface area contributed by atoms with Gasteiger partial charge in [-0.3, -0.25) is 9.89 Å². The largest absolute Gasteiger partial charge is 0.497 e. The van der Waals surface area contributed by atoms with E-state index in [4.69, 9.17) is 9.47 Å². The predicted octanol–water partition coefficient (Wildman–Crippen LogP) is 3.82. The molecule has 1 N–H and O–H groups in total. The van der Waals surface area contributed by atoms with Crippen LogP contribution in [-0.2, 0) is 0 Å². The molecular formula is C27H28N6O3. The molecule has 1 amide bonds. The summed E-state index contributed by atoms with van der Waals surface area (Å²) in [5.74, 6) is 2.07. The number of benzene rings is 2. The van der Waals surface area contributed by atoms with Crippen LogP contribution in [-0.4, -0.2) is 71.6 Å². The van der Waals surface area contributed by atoms with E-state index in [0.717, 1.165) is 22.6 Å². The van der Waals surface area contributed by atoms with Crippen LogP contribution in [0, 0.1) is 6.92 Å². The molecule has 3 heterocycles. The Bertz CT molecular complexity index is 1360. The van der Waals surface area contributed by atoms with Crippen molar-refractivity contribution >= 4 is 11.7 Å². The minimum absolute atomic E-state index is 0.0868. The first-order valence-corrected chi connectivity index (χ1v) is 11.8. The molecule has 9 nitrogen and oxygen atoms in total. The van der Waals surface area contributed by atoms with E-state index in [1.54, 1.807) is 20.3 Å². The number of anilines is 1. The Hall–Kier alpha value is -4.40. The molecule has 1 aliphatic rings. The fourth-order valence-corrected chi connectivity index (χ4v) is 4.39. The molecule has 0 unspecified atom stereocenters. The Morgan fingerprint density at radius 2 is 1.67 bits per heavy atom. The molecule has 2 aromatic heterocycles. The molecule has 0 aliphatic carbocycles. The summed E-state index contributed by atoms with van der Waals surface area (Å²) in [6, 6.07) is 19.4. The number of aromatic nitrogens is 4. The smallest absolute Gasteiger partial charge is 0.272 e. The number of nitrogens with one attached hydrogen (secondary N) is 1. The summed E-state index contributed by atoms with van der Waals surface area (Å²) in [6.45, 7) is 4.58. The SMILES string of the molecule is COc1ccc(OC)c(-c2cc(C(=O)N3CCN(c4ccc(-c5ccccc5C)nn4)CC3)[nH]n2)c1. The Labute approximate surface area is 209 Å². The van der Waals surface area contributed by atoms with E-state index < -0.39 is 0 Å². The van der Waals surface area contributed by atoms with E-state index in [2.05, 4.69) is 44.4 Å². The van der Waals surface area contributed by atoms with Crippen molar-refractivity contribution < 1.29 is 14.3 Å². The van der Waals surface area contributed by atoms with Gasteiger partial charge in [0.05, 0.1) is 25.6 Å². The summed E-state index contributed by atoms with van der Waals surface area (Å²) in [5, 5.41) is 16.1. The molecule has 0 bridgehead atoms. The van der Waals surface area contributed by atoms with Crippen LogP contribution >= 0.6 is 0 Å². The second kappa shape index (κ2) is 10.1. The van der Waals surface area contributed by atoms with E-state index in [0.29, 0.717) is 49.1 Å². The fourth-order valence-electron chi connectivity index (χ4n) is 4.39. The Morgan fingerprint density at radius 1 is 0.861 bits per heavy atom. The van der Waals surface area contributed by atoms with Crippen LogP contribution in [0.5, 0.6) is 11.5 Å². The van der Waals surface area contributed by atoms with Gasteiger partial charge in [0.1, 0.15) is 17.2 Å². The average Bonchev–Trinajstić information content (AvgIpc) is 3.43. The van der Waals surface area contributed by atoms with Crippen molar-refractivity contribution in [2.24, 2.45) is 0 Å². The first-order chi connectivity index (χ1) is 17.6. The molecule has 36 heavy (non-hydrogen) atoms. The number of aromatic amines is 1. The molecule has 5 rings (SSSR count). The molecule has 4 aromatic rings. The third kappa shape index (κ3) is 4.59. The second-order valence-electron chi connectivity index (χ2n) is 8.60. The zero-order valence-corrected chi connectivity index (χ0v) is 20.6. The zero-order valence-electron chi connectivity index (χ0n) is 20.6. The number of piperazine rings is 1. The molecular weight excluding hydrogens is 456 g/mol. The number of H-pyrrole nitrogens is 1. The summed E-state index contributed by atoms with van der Waals surface area (Å²) < 4.78 is 10.8. The van der Waals surface area contributed by atoms with Crippen LogP contribution in [0.2, 0.25) is 0 Å². The number of ether oxygens (including phenoxy) is 2. The average molecular weight is 485 g/mol. The number of hydrogen-bond donors (Lipinski definition) is 1. The zero-order chi connectivity index (χ0) is 25.1. The molecule has 1 fully saturated rings. The maximum absolute atomic E-state index is 13.2. The van der Waals surface area contributed by atoms with Crippen LogP contribution in [0.25, 0.3) is 22.5 Å². The van der Waals surface area contributed by atoms with E-state index in [-0.39, 0.29) is 5.91 Å². The van der Waals surface area contributed by atoms with Gasteiger partial charge < -0.3 is 19.3 Å². The molecule has 1 aliphatic heterocycles. The predicted molar refractivity (Wildman–Crippen MR) is 137 cm³/mol. The number of carbonyl (C=O) groups excluding carboxylic acids is 1. The van der Waals surface area contributed by atoms with Gasteiger partial charge >= 0.3 is 0 Å². The quantitative estimate of drug-likeness (QED) is 0.444. The lowest BCUT2D eigenvalue weighted by molar-refractivity contribution is 0.0740. The van der Waals surface area contributed by atoms with E-state index in [1.807, 2.05) is 47.4 Å². The normalized spacial score (nSPS) is 13.5. The van der Waals surface area contributed by atoms with Gasteiger partial charge in [-0.2, -0.15) is 5.10 Å². The first kappa shape index (κ1) is 23.3. The molecule has 184 valence electrons. The third-order valence-electron chi connectivity index (χ3n) is 6.45. The number of aryl methyl sites for hydroxylation is 1. The van der Waals surface area contributed by atoms with Crippen molar-refractivity contribution in [3.05, 3.63) is 71.9 Å². The summed E-state index contributed by atoms with van der Waals surface area (Å²) in [6.07, 6.45) is 0. The number of rotatable bonds is 6. The maximum Gasteiger partial charge on any atom is 0.272 e. The maximum atomic E-state index is 13.2. The highest BCUT2D eigenvalue weighted by Gasteiger charge is 2.25. The first-order valence-electron chi connectivity index (χ1n) is 11.8.